The van der Waals surface area contributed by atoms with Crippen molar-refractivity contribution in [2.45, 2.75) is 63.5 Å². The minimum Gasteiger partial charge on any atom is -0.381 e. The molecule has 4 nitrogen and oxygen atoms in total. The standard InChI is InChI=1S/C18H30N2O2/c21-18(19-12-15-11-13-3-4-14(15)10-13)17-2-1-7-20(17)16-5-8-22-9-6-16/h13-17H,1-12H2,(H,19,21). The van der Waals surface area contributed by atoms with Crippen LogP contribution in [0.25, 0.3) is 0 Å². The first-order valence-corrected chi connectivity index (χ1v) is 9.42. The molecule has 2 heterocycles. The Hall–Kier alpha value is -0.610. The fourth-order valence-electron chi connectivity index (χ4n) is 5.50. The van der Waals surface area contributed by atoms with Crippen LogP contribution in [0.15, 0.2) is 0 Å². The van der Waals surface area contributed by atoms with Gasteiger partial charge in [0.05, 0.1) is 6.04 Å². The summed E-state index contributed by atoms with van der Waals surface area (Å²) in [6.07, 6.45) is 10.0. The first kappa shape index (κ1) is 14.9. The normalized spacial score (nSPS) is 39.5. The molecule has 4 fully saturated rings. The Morgan fingerprint density at radius 1 is 1.09 bits per heavy atom. The highest BCUT2D eigenvalue weighted by molar-refractivity contribution is 5.82. The van der Waals surface area contributed by atoms with E-state index in [9.17, 15) is 4.79 Å². The molecule has 124 valence electrons. The molecule has 0 aromatic carbocycles. The highest BCUT2D eigenvalue weighted by Gasteiger charge is 2.40. The number of hydrogen-bond acceptors (Lipinski definition) is 3. The third-order valence-corrected chi connectivity index (χ3v) is 6.68. The minimum atomic E-state index is 0.127. The SMILES string of the molecule is O=C(NCC1CC2CCC1C2)C1CCCN1C1CCOCC1. The van der Waals surface area contributed by atoms with Gasteiger partial charge in [-0.2, -0.15) is 0 Å². The van der Waals surface area contributed by atoms with Crippen LogP contribution in [0.1, 0.15) is 51.4 Å². The van der Waals surface area contributed by atoms with Gasteiger partial charge in [-0.1, -0.05) is 6.42 Å². The van der Waals surface area contributed by atoms with E-state index in [0.29, 0.717) is 11.9 Å². The molecule has 0 aromatic rings. The lowest BCUT2D eigenvalue weighted by molar-refractivity contribution is -0.127. The number of amides is 1. The van der Waals surface area contributed by atoms with Crippen LogP contribution in [-0.2, 0) is 9.53 Å². The maximum absolute atomic E-state index is 12.7. The number of carbonyl (C=O) groups is 1. The number of ether oxygens (including phenoxy) is 1. The summed E-state index contributed by atoms with van der Waals surface area (Å²) in [5, 5.41) is 3.31. The van der Waals surface area contributed by atoms with E-state index < -0.39 is 0 Å². The van der Waals surface area contributed by atoms with E-state index in [2.05, 4.69) is 10.2 Å². The molecule has 0 aromatic heterocycles. The van der Waals surface area contributed by atoms with E-state index in [-0.39, 0.29) is 6.04 Å². The first-order valence-electron chi connectivity index (χ1n) is 9.42. The topological polar surface area (TPSA) is 41.6 Å². The van der Waals surface area contributed by atoms with Gasteiger partial charge < -0.3 is 10.1 Å². The fraction of sp³-hybridized carbons (Fsp3) is 0.944. The molecule has 2 saturated carbocycles. The number of likely N-dealkylation sites (tertiary alicyclic amines) is 1. The molecule has 2 aliphatic heterocycles. The van der Waals surface area contributed by atoms with Crippen molar-refractivity contribution in [2.24, 2.45) is 17.8 Å². The van der Waals surface area contributed by atoms with Crippen molar-refractivity contribution < 1.29 is 9.53 Å². The molecule has 2 saturated heterocycles. The number of nitrogens with zero attached hydrogens (tertiary/aromatic N) is 1. The van der Waals surface area contributed by atoms with Crippen molar-refractivity contribution in [1.82, 2.24) is 10.2 Å². The van der Waals surface area contributed by atoms with Gasteiger partial charge >= 0.3 is 0 Å². The van der Waals surface area contributed by atoms with Gasteiger partial charge in [0.2, 0.25) is 5.91 Å². The van der Waals surface area contributed by atoms with Gasteiger partial charge in [0.25, 0.3) is 0 Å². The van der Waals surface area contributed by atoms with Crippen LogP contribution in [0.3, 0.4) is 0 Å². The summed E-state index contributed by atoms with van der Waals surface area (Å²) in [6.45, 7) is 3.75. The van der Waals surface area contributed by atoms with Crippen LogP contribution in [0.4, 0.5) is 0 Å². The maximum atomic E-state index is 12.7. The van der Waals surface area contributed by atoms with Crippen LogP contribution in [0.5, 0.6) is 0 Å². The predicted octanol–water partition coefficient (Wildman–Crippen LogP) is 2.18. The van der Waals surface area contributed by atoms with E-state index in [1.807, 2.05) is 0 Å². The molecule has 2 aliphatic carbocycles. The third kappa shape index (κ3) is 2.92. The van der Waals surface area contributed by atoms with Crippen molar-refractivity contribution in [1.29, 1.82) is 0 Å². The molecule has 4 atom stereocenters. The Morgan fingerprint density at radius 2 is 1.95 bits per heavy atom. The van der Waals surface area contributed by atoms with E-state index in [1.165, 1.54) is 32.1 Å². The number of nitrogens with one attached hydrogen (secondary N) is 1. The minimum absolute atomic E-state index is 0.127. The molecule has 0 spiro atoms. The number of rotatable bonds is 4. The van der Waals surface area contributed by atoms with Crippen LogP contribution in [0.2, 0.25) is 0 Å². The van der Waals surface area contributed by atoms with E-state index in [4.69, 9.17) is 4.74 Å². The predicted molar refractivity (Wildman–Crippen MR) is 85.5 cm³/mol. The molecule has 4 rings (SSSR count). The van der Waals surface area contributed by atoms with Gasteiger partial charge in [-0.05, 0) is 69.2 Å². The van der Waals surface area contributed by atoms with Crippen molar-refractivity contribution in [3.63, 3.8) is 0 Å². The van der Waals surface area contributed by atoms with Crippen LogP contribution in [0, 0.1) is 17.8 Å². The monoisotopic (exact) mass is 306 g/mol. The van der Waals surface area contributed by atoms with Gasteiger partial charge in [0.1, 0.15) is 0 Å². The van der Waals surface area contributed by atoms with Gasteiger partial charge in [-0.3, -0.25) is 9.69 Å². The van der Waals surface area contributed by atoms with Gasteiger partial charge in [-0.15, -0.1) is 0 Å². The van der Waals surface area contributed by atoms with Crippen LogP contribution >= 0.6 is 0 Å². The van der Waals surface area contributed by atoms with Crippen LogP contribution < -0.4 is 5.32 Å². The van der Waals surface area contributed by atoms with Crippen molar-refractivity contribution in [3.8, 4) is 0 Å². The second kappa shape index (κ2) is 6.48. The van der Waals surface area contributed by atoms with Crippen molar-refractivity contribution in [3.05, 3.63) is 0 Å². The second-order valence-corrected chi connectivity index (χ2v) is 7.92. The lowest BCUT2D eigenvalue weighted by Crippen LogP contribution is -2.50. The summed E-state index contributed by atoms with van der Waals surface area (Å²) in [5.74, 6) is 2.94. The first-order chi connectivity index (χ1) is 10.8. The Labute approximate surface area is 134 Å². The van der Waals surface area contributed by atoms with Crippen LogP contribution in [-0.4, -0.2) is 49.2 Å². The second-order valence-electron chi connectivity index (χ2n) is 7.92. The fourth-order valence-corrected chi connectivity index (χ4v) is 5.50. The summed E-state index contributed by atoms with van der Waals surface area (Å²) in [4.78, 5) is 15.1. The van der Waals surface area contributed by atoms with Gasteiger partial charge in [0.15, 0.2) is 0 Å². The summed E-state index contributed by atoms with van der Waals surface area (Å²) >= 11 is 0. The molecule has 4 unspecified atom stereocenters. The molecular weight excluding hydrogens is 276 g/mol. The Kier molecular flexibility index (Phi) is 4.40. The Bertz CT molecular complexity index is 408. The van der Waals surface area contributed by atoms with Gasteiger partial charge in [0, 0.05) is 25.8 Å². The summed E-state index contributed by atoms with van der Waals surface area (Å²) < 4.78 is 5.47. The molecule has 22 heavy (non-hydrogen) atoms. The largest absolute Gasteiger partial charge is 0.381 e. The van der Waals surface area contributed by atoms with Gasteiger partial charge in [-0.25, -0.2) is 0 Å². The van der Waals surface area contributed by atoms with E-state index >= 15 is 0 Å². The molecule has 1 amide bonds. The Morgan fingerprint density at radius 3 is 2.68 bits per heavy atom. The Balaban J connectivity index is 1.29. The molecule has 0 radical (unpaired) electrons. The zero-order valence-electron chi connectivity index (χ0n) is 13.6. The molecule has 4 heteroatoms. The highest BCUT2D eigenvalue weighted by atomic mass is 16.5. The van der Waals surface area contributed by atoms with E-state index in [0.717, 1.165) is 63.3 Å². The average molecular weight is 306 g/mol. The lowest BCUT2D eigenvalue weighted by Gasteiger charge is -2.35. The number of fused-ring (bicyclic) bond motifs is 2. The van der Waals surface area contributed by atoms with Crippen molar-refractivity contribution in [2.75, 3.05) is 26.3 Å². The summed E-state index contributed by atoms with van der Waals surface area (Å²) in [7, 11) is 0. The highest BCUT2D eigenvalue weighted by Crippen LogP contribution is 2.47. The average Bonchev–Trinajstić information content (AvgIpc) is 3.29. The zero-order chi connectivity index (χ0) is 14.9. The van der Waals surface area contributed by atoms with Crippen molar-refractivity contribution >= 4 is 5.91 Å². The molecule has 1 N–H and O–H groups in total. The molecule has 2 bridgehead atoms. The smallest absolute Gasteiger partial charge is 0.237 e. The summed E-state index contributed by atoms with van der Waals surface area (Å²) in [6, 6.07) is 0.691. The number of hydrogen-bond donors (Lipinski definition) is 1. The lowest BCUT2D eigenvalue weighted by atomic mass is 9.89. The van der Waals surface area contributed by atoms with E-state index in [1.54, 1.807) is 0 Å². The maximum Gasteiger partial charge on any atom is 0.237 e. The molecular formula is C18H30N2O2. The third-order valence-electron chi connectivity index (χ3n) is 6.68. The zero-order valence-corrected chi connectivity index (χ0v) is 13.6. The molecule has 4 aliphatic rings. The quantitative estimate of drug-likeness (QED) is 0.865. The summed E-state index contributed by atoms with van der Waals surface area (Å²) in [5.41, 5.74) is 0. The number of carbonyl (C=O) groups excluding carboxylic acids is 1.